The molecule has 1 aliphatic carbocycles. The molecule has 118 valence electrons. The number of nitrogens with one attached hydrogen (secondary N) is 2. The molecule has 0 radical (unpaired) electrons. The first-order valence-corrected chi connectivity index (χ1v) is 8.30. The van der Waals surface area contributed by atoms with Crippen LogP contribution >= 0.6 is 0 Å². The van der Waals surface area contributed by atoms with Gasteiger partial charge in [0.05, 0.1) is 0 Å². The van der Waals surface area contributed by atoms with Gasteiger partial charge in [-0.1, -0.05) is 18.2 Å². The second kappa shape index (κ2) is 5.95. The first-order chi connectivity index (χ1) is 11.3. The van der Waals surface area contributed by atoms with Gasteiger partial charge in [-0.25, -0.2) is 4.79 Å². The summed E-state index contributed by atoms with van der Waals surface area (Å²) in [6.07, 6.45) is 3.57. The lowest BCUT2D eigenvalue weighted by molar-refractivity contribution is 0.251. The van der Waals surface area contributed by atoms with Gasteiger partial charge in [-0.15, -0.1) is 0 Å². The number of amides is 2. The maximum absolute atomic E-state index is 11.8. The Balaban J connectivity index is 1.41. The molecule has 2 N–H and O–H groups in total. The van der Waals surface area contributed by atoms with E-state index >= 15 is 0 Å². The summed E-state index contributed by atoms with van der Waals surface area (Å²) in [5, 5.41) is 5.81. The van der Waals surface area contributed by atoms with Crippen LogP contribution in [0.15, 0.2) is 48.5 Å². The minimum atomic E-state index is -0.115. The highest BCUT2D eigenvalue weighted by atomic mass is 16.2. The van der Waals surface area contributed by atoms with Gasteiger partial charge in [-0.2, -0.15) is 0 Å². The molecule has 4 nitrogen and oxygen atoms in total. The van der Waals surface area contributed by atoms with Crippen LogP contribution in [0.1, 0.15) is 18.4 Å². The number of hydrogen-bond donors (Lipinski definition) is 2. The number of urea groups is 1. The monoisotopic (exact) mass is 307 g/mol. The van der Waals surface area contributed by atoms with Crippen molar-refractivity contribution in [3.05, 3.63) is 54.1 Å². The van der Waals surface area contributed by atoms with Crippen LogP contribution in [0.5, 0.6) is 0 Å². The lowest BCUT2D eigenvalue weighted by Gasteiger charge is -2.20. The van der Waals surface area contributed by atoms with Crippen molar-refractivity contribution >= 4 is 23.1 Å². The normalized spacial score (nSPS) is 16.1. The molecule has 1 aliphatic heterocycles. The summed E-state index contributed by atoms with van der Waals surface area (Å²) in [4.78, 5) is 14.1. The average molecular weight is 307 g/mol. The Morgan fingerprint density at radius 1 is 1.09 bits per heavy atom. The fourth-order valence-corrected chi connectivity index (χ4v) is 3.07. The van der Waals surface area contributed by atoms with E-state index in [2.05, 4.69) is 51.9 Å². The van der Waals surface area contributed by atoms with Crippen molar-refractivity contribution < 1.29 is 4.79 Å². The molecule has 1 fully saturated rings. The Morgan fingerprint density at radius 2 is 1.87 bits per heavy atom. The number of anilines is 3. The van der Waals surface area contributed by atoms with E-state index in [9.17, 15) is 4.79 Å². The van der Waals surface area contributed by atoms with Crippen LogP contribution in [0.2, 0.25) is 0 Å². The van der Waals surface area contributed by atoms with Crippen molar-refractivity contribution in [1.82, 2.24) is 5.32 Å². The Morgan fingerprint density at radius 3 is 2.65 bits per heavy atom. The first-order valence-electron chi connectivity index (χ1n) is 8.30. The molecule has 0 spiro atoms. The molecule has 23 heavy (non-hydrogen) atoms. The maximum Gasteiger partial charge on any atom is 0.319 e. The van der Waals surface area contributed by atoms with Gasteiger partial charge in [0.25, 0.3) is 0 Å². The number of carbonyl (C=O) groups is 1. The summed E-state index contributed by atoms with van der Waals surface area (Å²) in [5.74, 6) is 0.693. The minimum absolute atomic E-state index is 0.115. The molecule has 0 unspecified atom stereocenters. The smallest absolute Gasteiger partial charge is 0.319 e. The molecular weight excluding hydrogens is 286 g/mol. The molecule has 0 aromatic heterocycles. The molecule has 0 saturated heterocycles. The van der Waals surface area contributed by atoms with Crippen LogP contribution < -0.4 is 15.5 Å². The van der Waals surface area contributed by atoms with Gasteiger partial charge in [-0.3, -0.25) is 0 Å². The third kappa shape index (κ3) is 3.16. The van der Waals surface area contributed by atoms with Gasteiger partial charge in [0, 0.05) is 30.2 Å². The molecule has 2 aliphatic rings. The topological polar surface area (TPSA) is 44.4 Å². The summed E-state index contributed by atoms with van der Waals surface area (Å²) in [5.41, 5.74) is 4.68. The molecule has 2 aromatic rings. The Bertz CT molecular complexity index is 707. The number of carbonyl (C=O) groups excluding carboxylic acids is 1. The zero-order valence-corrected chi connectivity index (χ0v) is 13.1. The van der Waals surface area contributed by atoms with Crippen LogP contribution in [-0.4, -0.2) is 19.1 Å². The molecule has 0 atom stereocenters. The molecule has 1 saturated carbocycles. The van der Waals surface area contributed by atoms with Crippen molar-refractivity contribution in [2.45, 2.75) is 19.3 Å². The van der Waals surface area contributed by atoms with E-state index in [1.165, 1.54) is 29.8 Å². The molecule has 4 rings (SSSR count). The quantitative estimate of drug-likeness (QED) is 0.899. The number of para-hydroxylation sites is 1. The van der Waals surface area contributed by atoms with Crippen LogP contribution in [0.3, 0.4) is 0 Å². The number of rotatable bonds is 4. The van der Waals surface area contributed by atoms with Crippen molar-refractivity contribution in [2.75, 3.05) is 23.3 Å². The van der Waals surface area contributed by atoms with E-state index in [1.54, 1.807) is 0 Å². The van der Waals surface area contributed by atoms with E-state index in [1.807, 2.05) is 12.1 Å². The molecule has 1 heterocycles. The van der Waals surface area contributed by atoms with Crippen LogP contribution in [-0.2, 0) is 6.42 Å². The predicted octanol–water partition coefficient (Wildman–Crippen LogP) is 3.91. The summed E-state index contributed by atoms with van der Waals surface area (Å²) in [6.45, 7) is 1.79. The number of benzene rings is 2. The summed E-state index contributed by atoms with van der Waals surface area (Å²) >= 11 is 0. The zero-order valence-electron chi connectivity index (χ0n) is 13.1. The third-order valence-electron chi connectivity index (χ3n) is 4.57. The first kappa shape index (κ1) is 14.1. The number of fused-ring (bicyclic) bond motifs is 1. The van der Waals surface area contributed by atoms with Gasteiger partial charge >= 0.3 is 6.03 Å². The van der Waals surface area contributed by atoms with E-state index in [-0.39, 0.29) is 6.03 Å². The lowest BCUT2D eigenvalue weighted by Crippen LogP contribution is -2.30. The second-order valence-corrected chi connectivity index (χ2v) is 6.36. The second-order valence-electron chi connectivity index (χ2n) is 6.36. The molecule has 0 bridgehead atoms. The Labute approximate surface area is 136 Å². The standard InChI is InChI=1S/C19H21N3O/c23-19(20-13-14-5-6-14)21-16-7-9-17(10-8-16)22-12-11-15-3-1-2-4-18(15)22/h1-4,7-10,14H,5-6,11-13H2,(H2,20,21,23). The van der Waals surface area contributed by atoms with E-state index in [0.717, 1.165) is 25.2 Å². The highest BCUT2D eigenvalue weighted by molar-refractivity contribution is 5.89. The zero-order chi connectivity index (χ0) is 15.6. The number of nitrogens with zero attached hydrogens (tertiary/aromatic N) is 1. The fourth-order valence-electron chi connectivity index (χ4n) is 3.07. The van der Waals surface area contributed by atoms with Gasteiger partial charge in [-0.05, 0) is 61.1 Å². The van der Waals surface area contributed by atoms with Crippen LogP contribution in [0.4, 0.5) is 21.9 Å². The van der Waals surface area contributed by atoms with E-state index in [0.29, 0.717) is 5.92 Å². The molecule has 2 aromatic carbocycles. The summed E-state index contributed by atoms with van der Waals surface area (Å²) in [6, 6.07) is 16.5. The fraction of sp³-hybridized carbons (Fsp3) is 0.316. The highest BCUT2D eigenvalue weighted by Gasteiger charge is 2.22. The van der Waals surface area contributed by atoms with E-state index in [4.69, 9.17) is 0 Å². The Kier molecular flexibility index (Phi) is 3.66. The molecular formula is C19H21N3O. The van der Waals surface area contributed by atoms with Crippen molar-refractivity contribution in [3.8, 4) is 0 Å². The largest absolute Gasteiger partial charge is 0.341 e. The van der Waals surface area contributed by atoms with Crippen molar-refractivity contribution in [3.63, 3.8) is 0 Å². The van der Waals surface area contributed by atoms with Gasteiger partial charge in [0.2, 0.25) is 0 Å². The number of hydrogen-bond acceptors (Lipinski definition) is 2. The average Bonchev–Trinajstić information content (AvgIpc) is 3.31. The molecule has 4 heteroatoms. The molecule has 2 amide bonds. The lowest BCUT2D eigenvalue weighted by atomic mass is 10.2. The van der Waals surface area contributed by atoms with Gasteiger partial charge in [0.1, 0.15) is 0 Å². The van der Waals surface area contributed by atoms with Crippen molar-refractivity contribution in [2.24, 2.45) is 5.92 Å². The minimum Gasteiger partial charge on any atom is -0.341 e. The van der Waals surface area contributed by atoms with E-state index < -0.39 is 0 Å². The van der Waals surface area contributed by atoms with Gasteiger partial charge in [0.15, 0.2) is 0 Å². The van der Waals surface area contributed by atoms with Crippen molar-refractivity contribution in [1.29, 1.82) is 0 Å². The Hall–Kier alpha value is -2.49. The predicted molar refractivity (Wildman–Crippen MR) is 93.3 cm³/mol. The highest BCUT2D eigenvalue weighted by Crippen LogP contribution is 2.34. The SMILES string of the molecule is O=C(NCC1CC1)Nc1ccc(N2CCc3ccccc32)cc1. The summed E-state index contributed by atoms with van der Waals surface area (Å²) in [7, 11) is 0. The summed E-state index contributed by atoms with van der Waals surface area (Å²) < 4.78 is 0. The van der Waals surface area contributed by atoms with Gasteiger partial charge < -0.3 is 15.5 Å². The third-order valence-corrected chi connectivity index (χ3v) is 4.57. The van der Waals surface area contributed by atoms with Crippen LogP contribution in [0.25, 0.3) is 0 Å². The van der Waals surface area contributed by atoms with Crippen LogP contribution in [0, 0.1) is 5.92 Å². The maximum atomic E-state index is 11.8.